The van der Waals surface area contributed by atoms with Crippen LogP contribution in [0, 0.1) is 12.8 Å². The monoisotopic (exact) mass is 520 g/mol. The number of benzene rings is 3. The van der Waals surface area contributed by atoms with Gasteiger partial charge in [0, 0.05) is 36.6 Å². The highest BCUT2D eigenvalue weighted by Gasteiger charge is 2.29. The molecule has 39 heavy (non-hydrogen) atoms. The molecule has 6 heteroatoms. The largest absolute Gasteiger partial charge is 0.405 e. The van der Waals surface area contributed by atoms with Gasteiger partial charge in [0.25, 0.3) is 0 Å². The third-order valence-corrected chi connectivity index (χ3v) is 7.14. The van der Waals surface area contributed by atoms with Crippen LogP contribution >= 0.6 is 0 Å². The van der Waals surface area contributed by atoms with Gasteiger partial charge in [0.15, 0.2) is 0 Å². The van der Waals surface area contributed by atoms with Crippen LogP contribution in [0.15, 0.2) is 110 Å². The smallest absolute Gasteiger partial charge is 0.0612 e. The van der Waals surface area contributed by atoms with Gasteiger partial charge in [-0.15, -0.1) is 0 Å². The van der Waals surface area contributed by atoms with Crippen molar-refractivity contribution >= 4 is 22.2 Å². The lowest BCUT2D eigenvalue weighted by molar-refractivity contribution is 0.249. The van der Waals surface area contributed by atoms with Crippen molar-refractivity contribution in [1.82, 2.24) is 14.9 Å². The van der Waals surface area contributed by atoms with Gasteiger partial charge in [-0.3, -0.25) is 0 Å². The molecule has 3 aromatic carbocycles. The molecule has 1 aromatic heterocycles. The summed E-state index contributed by atoms with van der Waals surface area (Å²) in [5, 5.41) is 4.29. The van der Waals surface area contributed by atoms with Crippen LogP contribution in [0.2, 0.25) is 0 Å². The topological polar surface area (TPSA) is 100 Å². The average Bonchev–Trinajstić information content (AvgIpc) is 3.43. The highest BCUT2D eigenvalue weighted by Crippen LogP contribution is 2.33. The Balaban J connectivity index is 0.00000112. The minimum Gasteiger partial charge on any atom is -0.405 e. The molecule has 0 saturated heterocycles. The number of aryl methyl sites for hydroxylation is 1. The number of hydrogen-bond donors (Lipinski definition) is 4. The molecule has 7 N–H and O–H groups in total. The molecule has 0 aliphatic carbocycles. The van der Waals surface area contributed by atoms with E-state index in [1.54, 1.807) is 0 Å². The molecule has 0 radical (unpaired) electrons. The number of H-pyrrole nitrogens is 1. The second kappa shape index (κ2) is 12.4. The third kappa shape index (κ3) is 6.54. The van der Waals surface area contributed by atoms with Crippen LogP contribution < -0.4 is 17.3 Å². The van der Waals surface area contributed by atoms with Crippen LogP contribution in [0.3, 0.4) is 0 Å². The second-order valence-electron chi connectivity index (χ2n) is 10.2. The number of aromatic nitrogens is 1. The molecule has 0 bridgehead atoms. The zero-order chi connectivity index (χ0) is 27.9. The first kappa shape index (κ1) is 27.6. The number of hydrogen-bond acceptors (Lipinski definition) is 5. The third-order valence-electron chi connectivity index (χ3n) is 7.14. The van der Waals surface area contributed by atoms with E-state index >= 15 is 0 Å². The fraction of sp³-hybridized carbons (Fsp3) is 0.212. The minimum absolute atomic E-state index is 0.251. The Morgan fingerprint density at radius 1 is 1.10 bits per heavy atom. The van der Waals surface area contributed by atoms with Crippen molar-refractivity contribution in [1.29, 1.82) is 0 Å². The lowest BCUT2D eigenvalue weighted by Gasteiger charge is -2.40. The summed E-state index contributed by atoms with van der Waals surface area (Å²) in [6, 6.07) is 25.3. The Kier molecular flexibility index (Phi) is 8.79. The predicted molar refractivity (Wildman–Crippen MR) is 165 cm³/mol. The van der Waals surface area contributed by atoms with E-state index in [2.05, 4.69) is 97.2 Å². The van der Waals surface area contributed by atoms with Gasteiger partial charge in [0.05, 0.1) is 17.9 Å². The average molecular weight is 521 g/mol. The number of nitrogen functional groups attached to an aromatic ring is 1. The van der Waals surface area contributed by atoms with Gasteiger partial charge < -0.3 is 26.4 Å². The molecular formula is C33H40N6. The van der Waals surface area contributed by atoms with E-state index in [4.69, 9.17) is 11.6 Å². The zero-order valence-electron chi connectivity index (χ0n) is 23.0. The molecule has 0 spiro atoms. The maximum absolute atomic E-state index is 6.89. The molecule has 1 aliphatic heterocycles. The zero-order valence-corrected chi connectivity index (χ0v) is 23.0. The number of rotatable bonds is 7. The van der Waals surface area contributed by atoms with Crippen LogP contribution in [0.4, 0.5) is 5.69 Å². The summed E-state index contributed by atoms with van der Waals surface area (Å²) >= 11 is 0. The number of aromatic amines is 1. The number of nitrogens with zero attached hydrogens (tertiary/aromatic N) is 2. The molecule has 1 aliphatic rings. The number of nitrogens with two attached hydrogens (primary N) is 3. The molecule has 5 rings (SSSR count). The Hall–Kier alpha value is -4.42. The fourth-order valence-corrected chi connectivity index (χ4v) is 5.50. The lowest BCUT2D eigenvalue weighted by atomic mass is 9.91. The maximum atomic E-state index is 6.89. The van der Waals surface area contributed by atoms with Gasteiger partial charge in [-0.2, -0.15) is 0 Å². The highest BCUT2D eigenvalue weighted by atomic mass is 15.4. The predicted octanol–water partition coefficient (Wildman–Crippen LogP) is 5.94. The van der Waals surface area contributed by atoms with Gasteiger partial charge in [-0.1, -0.05) is 74.2 Å². The highest BCUT2D eigenvalue weighted by molar-refractivity contribution is 5.88. The van der Waals surface area contributed by atoms with Crippen molar-refractivity contribution in [2.75, 3.05) is 18.8 Å². The van der Waals surface area contributed by atoms with Crippen LogP contribution in [0.5, 0.6) is 0 Å². The van der Waals surface area contributed by atoms with E-state index in [9.17, 15) is 0 Å². The number of fused-ring (bicyclic) bond motifs is 1. The summed E-state index contributed by atoms with van der Waals surface area (Å²) < 4.78 is 0. The maximum Gasteiger partial charge on any atom is 0.0612 e. The Labute approximate surface area is 232 Å². The van der Waals surface area contributed by atoms with Gasteiger partial charge >= 0.3 is 0 Å². The molecule has 1 atom stereocenters. The van der Waals surface area contributed by atoms with Crippen molar-refractivity contribution in [3.63, 3.8) is 0 Å². The van der Waals surface area contributed by atoms with Gasteiger partial charge in [0.2, 0.25) is 0 Å². The van der Waals surface area contributed by atoms with Crippen LogP contribution in [0.25, 0.3) is 16.5 Å². The molecule has 0 fully saturated rings. The second-order valence-corrected chi connectivity index (χ2v) is 10.2. The van der Waals surface area contributed by atoms with Gasteiger partial charge in [0.1, 0.15) is 0 Å². The van der Waals surface area contributed by atoms with Crippen LogP contribution in [-0.2, 0) is 13.0 Å². The molecule has 4 aromatic rings. The van der Waals surface area contributed by atoms with E-state index in [1.165, 1.54) is 39.5 Å². The number of nitrogens with one attached hydrogen (secondary N) is 1. The van der Waals surface area contributed by atoms with E-state index in [0.717, 1.165) is 42.0 Å². The Morgan fingerprint density at radius 3 is 2.59 bits per heavy atom. The Morgan fingerprint density at radius 2 is 1.87 bits per heavy atom. The van der Waals surface area contributed by atoms with E-state index < -0.39 is 0 Å². The molecule has 0 saturated carbocycles. The standard InChI is InChI=1S/C31H35N5.C2H5N/c1-21-7-4-8-24(15-21)16-27-19-35(23(3)30-11-6-14-34-30)18-22(2)31(27)36(33)20-26-10-5-9-25-17-28(32)12-13-29(25)26;1-2-3/h4-15,17,22,34H,3,16,18-20,32-33H2,1-2H3;2H,1,3H2. The fourth-order valence-electron chi connectivity index (χ4n) is 5.50. The SMILES string of the molecule is C=C(c1ccc[nH]1)N1CC(Cc2cccc(C)c2)=C(N(N)Cc2cccc3cc(N)ccc23)C(C)C1.C=CN. The van der Waals surface area contributed by atoms with Crippen molar-refractivity contribution in [2.45, 2.75) is 26.8 Å². The summed E-state index contributed by atoms with van der Waals surface area (Å²) in [7, 11) is 0. The summed E-state index contributed by atoms with van der Waals surface area (Å²) in [4.78, 5) is 5.68. The number of hydrazine groups is 1. The first-order chi connectivity index (χ1) is 18.8. The van der Waals surface area contributed by atoms with Crippen molar-refractivity contribution in [3.8, 4) is 0 Å². The van der Waals surface area contributed by atoms with E-state index in [1.807, 2.05) is 29.4 Å². The van der Waals surface area contributed by atoms with Crippen LogP contribution in [-0.4, -0.2) is 28.0 Å². The molecule has 0 amide bonds. The normalized spacial score (nSPS) is 15.1. The first-order valence-corrected chi connectivity index (χ1v) is 13.3. The van der Waals surface area contributed by atoms with E-state index in [-0.39, 0.29) is 5.92 Å². The number of anilines is 1. The van der Waals surface area contributed by atoms with Gasteiger partial charge in [-0.25, -0.2) is 5.84 Å². The molecular weight excluding hydrogens is 480 g/mol. The van der Waals surface area contributed by atoms with Crippen molar-refractivity contribution in [2.24, 2.45) is 17.5 Å². The molecule has 202 valence electrons. The van der Waals surface area contributed by atoms with Crippen LogP contribution in [0.1, 0.15) is 29.3 Å². The van der Waals surface area contributed by atoms with Crippen molar-refractivity contribution in [3.05, 3.63) is 132 Å². The molecule has 1 unspecified atom stereocenters. The quantitative estimate of drug-likeness (QED) is 0.137. The lowest BCUT2D eigenvalue weighted by Crippen LogP contribution is -2.43. The van der Waals surface area contributed by atoms with Crippen molar-refractivity contribution < 1.29 is 0 Å². The van der Waals surface area contributed by atoms with E-state index in [0.29, 0.717) is 6.54 Å². The minimum atomic E-state index is 0.251. The summed E-state index contributed by atoms with van der Waals surface area (Å²) in [6.45, 7) is 14.3. The first-order valence-electron chi connectivity index (χ1n) is 13.3. The van der Waals surface area contributed by atoms with Gasteiger partial charge in [-0.05, 0) is 71.3 Å². The molecule has 6 nitrogen and oxygen atoms in total. The Bertz CT molecular complexity index is 1470. The summed E-state index contributed by atoms with van der Waals surface area (Å²) in [5.41, 5.74) is 19.8. The summed E-state index contributed by atoms with van der Waals surface area (Å²) in [5.74, 6) is 7.14. The molecule has 2 heterocycles. The summed E-state index contributed by atoms with van der Waals surface area (Å²) in [6.07, 6.45) is 4.05.